The average Bonchev–Trinajstić information content (AvgIpc) is 3.42. The molecule has 2 aliphatic heterocycles. The highest BCUT2D eigenvalue weighted by atomic mass is 127. The maximum atomic E-state index is 14.5. The number of phenolic OH excluding ortho intramolecular Hbond substituents is 1. The Bertz CT molecular complexity index is 1890. The largest absolute Gasteiger partial charge is 0.504 e. The second-order valence-electron chi connectivity index (χ2n) is 12.3. The number of non-ortho nitro benzene ring substituents is 1. The molecule has 0 unspecified atom stereocenters. The first-order chi connectivity index (χ1) is 22.0. The molecular weight excluding hydrogens is 705 g/mol. The highest BCUT2D eigenvalue weighted by molar-refractivity contribution is 14.1. The molecule has 7 rings (SSSR count). The van der Waals surface area contributed by atoms with Crippen LogP contribution in [0.1, 0.15) is 31.2 Å². The van der Waals surface area contributed by atoms with Gasteiger partial charge in [-0.05, 0) is 84.2 Å². The third-order valence-corrected chi connectivity index (χ3v) is 11.0. The van der Waals surface area contributed by atoms with Gasteiger partial charge < -0.3 is 9.84 Å². The second-order valence-corrected chi connectivity index (χ2v) is 13.5. The lowest BCUT2D eigenvalue weighted by molar-refractivity contribution is -0.384. The number of allylic oxidation sites excluding steroid dienone is 2. The molecule has 0 bridgehead atoms. The fraction of sp³-hybridized carbons (Fsp3) is 0.294. The molecule has 1 saturated carbocycles. The van der Waals surface area contributed by atoms with E-state index in [0.717, 1.165) is 10.5 Å². The van der Waals surface area contributed by atoms with Gasteiger partial charge in [-0.1, -0.05) is 35.9 Å². The molecule has 3 fully saturated rings. The van der Waals surface area contributed by atoms with Crippen molar-refractivity contribution < 1.29 is 33.9 Å². The van der Waals surface area contributed by atoms with Crippen LogP contribution in [0, 0.1) is 42.8 Å². The molecular formula is C34H28IN3O8. The van der Waals surface area contributed by atoms with Crippen LogP contribution in [0.25, 0.3) is 0 Å². The number of ether oxygens (including phenoxy) is 1. The van der Waals surface area contributed by atoms with Crippen LogP contribution in [0.15, 0.2) is 78.4 Å². The van der Waals surface area contributed by atoms with Crippen molar-refractivity contribution in [2.24, 2.45) is 29.1 Å². The van der Waals surface area contributed by atoms with Gasteiger partial charge in [0.05, 0.1) is 50.1 Å². The van der Waals surface area contributed by atoms with Crippen molar-refractivity contribution in [1.29, 1.82) is 0 Å². The molecule has 0 aromatic heterocycles. The zero-order valence-electron chi connectivity index (χ0n) is 24.8. The number of nitro groups is 1. The molecule has 3 aromatic carbocycles. The summed E-state index contributed by atoms with van der Waals surface area (Å²) in [7, 11) is 1.43. The summed E-state index contributed by atoms with van der Waals surface area (Å²) in [6, 6.07) is 17.6. The number of carbonyl (C=O) groups excluding carboxylic acids is 4. The molecule has 1 N–H and O–H groups in total. The molecule has 2 heterocycles. The number of rotatable bonds is 5. The predicted octanol–water partition coefficient (Wildman–Crippen LogP) is 5.35. The number of amides is 4. The normalized spacial score (nSPS) is 28.5. The van der Waals surface area contributed by atoms with Crippen LogP contribution < -0.4 is 14.5 Å². The minimum Gasteiger partial charge on any atom is -0.504 e. The second kappa shape index (κ2) is 10.7. The molecule has 2 saturated heterocycles. The number of benzene rings is 3. The van der Waals surface area contributed by atoms with E-state index < -0.39 is 51.7 Å². The van der Waals surface area contributed by atoms with Gasteiger partial charge in [0, 0.05) is 18.1 Å². The van der Waals surface area contributed by atoms with Crippen molar-refractivity contribution in [3.8, 4) is 11.5 Å². The minimum atomic E-state index is -1.25. The summed E-state index contributed by atoms with van der Waals surface area (Å²) in [5.74, 6) is -5.14. The van der Waals surface area contributed by atoms with Crippen LogP contribution in [0.5, 0.6) is 11.5 Å². The molecule has 4 aliphatic rings. The van der Waals surface area contributed by atoms with Gasteiger partial charge in [-0.2, -0.15) is 0 Å². The van der Waals surface area contributed by atoms with Crippen LogP contribution in [-0.2, 0) is 19.2 Å². The summed E-state index contributed by atoms with van der Waals surface area (Å²) in [5.41, 5.74) is 0.498. The standard InChI is InChI=1S/C34H28IN3O8/c1-34-24(31(41)37(33(34)43)18-7-4-3-5-8-18)16-23-21(28(34)17-13-25(35)29(39)26(14-17)46-2)11-12-22-27(23)32(42)36(30(22)40)19-9-6-10-20(15-19)38(44)45/h3-11,13-15,22-24,27-28,39H,12,16H2,1-2H3/t22-,23+,24-,27-,28-,34+/m0/s1. The molecule has 0 spiro atoms. The Morgan fingerprint density at radius 3 is 2.35 bits per heavy atom. The van der Waals surface area contributed by atoms with Crippen molar-refractivity contribution in [2.45, 2.75) is 25.7 Å². The van der Waals surface area contributed by atoms with Gasteiger partial charge in [-0.15, -0.1) is 0 Å². The van der Waals surface area contributed by atoms with E-state index in [4.69, 9.17) is 4.74 Å². The number of nitro benzene ring substituents is 1. The molecule has 0 radical (unpaired) electrons. The SMILES string of the molecule is COc1cc([C@H]2C3=CC[C@@H]4C(=O)N(c5cccc([N+](=O)[O-])c5)C(=O)[C@@H]4[C@@H]3C[C@H]3C(=O)N(c4ccccc4)C(=O)[C@@]23C)cc(I)c1O. The molecule has 4 amide bonds. The van der Waals surface area contributed by atoms with Gasteiger partial charge in [0.1, 0.15) is 0 Å². The number of hydrogen-bond acceptors (Lipinski definition) is 8. The Hall–Kier alpha value is -4.59. The van der Waals surface area contributed by atoms with Crippen LogP contribution in [0.3, 0.4) is 0 Å². The van der Waals surface area contributed by atoms with Crippen LogP contribution in [-0.4, -0.2) is 40.8 Å². The first-order valence-corrected chi connectivity index (χ1v) is 15.9. The number of fused-ring (bicyclic) bond motifs is 4. The number of methoxy groups -OCH3 is 1. The molecule has 11 nitrogen and oxygen atoms in total. The molecule has 46 heavy (non-hydrogen) atoms. The zero-order chi connectivity index (χ0) is 32.7. The smallest absolute Gasteiger partial charge is 0.271 e. The third-order valence-electron chi connectivity index (χ3n) is 10.2. The van der Waals surface area contributed by atoms with Crippen LogP contribution >= 0.6 is 22.6 Å². The van der Waals surface area contributed by atoms with E-state index in [2.05, 4.69) is 0 Å². The Balaban J connectivity index is 1.38. The molecule has 2 aliphatic carbocycles. The van der Waals surface area contributed by atoms with Crippen molar-refractivity contribution in [1.82, 2.24) is 0 Å². The number of phenols is 1. The van der Waals surface area contributed by atoms with Gasteiger partial charge in [0.2, 0.25) is 23.6 Å². The molecule has 234 valence electrons. The summed E-state index contributed by atoms with van der Waals surface area (Å²) in [6.45, 7) is 1.79. The van der Waals surface area contributed by atoms with E-state index in [1.54, 1.807) is 49.4 Å². The zero-order valence-corrected chi connectivity index (χ0v) is 26.9. The highest BCUT2D eigenvalue weighted by Gasteiger charge is 2.67. The van der Waals surface area contributed by atoms with Gasteiger partial charge in [-0.25, -0.2) is 9.80 Å². The van der Waals surface area contributed by atoms with Crippen molar-refractivity contribution in [3.05, 3.63) is 97.6 Å². The predicted molar refractivity (Wildman–Crippen MR) is 174 cm³/mol. The lowest BCUT2D eigenvalue weighted by Crippen LogP contribution is -2.48. The van der Waals surface area contributed by atoms with E-state index in [-0.39, 0.29) is 47.5 Å². The highest BCUT2D eigenvalue weighted by Crippen LogP contribution is 2.64. The minimum absolute atomic E-state index is 0.0532. The fourth-order valence-corrected chi connectivity index (χ4v) is 8.76. The molecule has 3 aromatic rings. The van der Waals surface area contributed by atoms with E-state index >= 15 is 0 Å². The number of imide groups is 2. The van der Waals surface area contributed by atoms with E-state index in [0.29, 0.717) is 14.8 Å². The summed E-state index contributed by atoms with van der Waals surface area (Å²) in [6.07, 6.45) is 2.32. The topological polar surface area (TPSA) is 147 Å². The lowest BCUT2D eigenvalue weighted by Gasteiger charge is -2.49. The van der Waals surface area contributed by atoms with E-state index in [1.165, 1.54) is 36.3 Å². The Kier molecular flexibility index (Phi) is 7.03. The number of anilines is 2. The number of aromatic hydroxyl groups is 1. The van der Waals surface area contributed by atoms with E-state index in [1.807, 2.05) is 28.7 Å². The number of nitrogens with zero attached hydrogens (tertiary/aromatic N) is 3. The van der Waals surface area contributed by atoms with Gasteiger partial charge in [0.25, 0.3) is 5.69 Å². The average molecular weight is 734 g/mol. The van der Waals surface area contributed by atoms with Gasteiger partial charge >= 0.3 is 0 Å². The number of halogens is 1. The van der Waals surface area contributed by atoms with Crippen molar-refractivity contribution in [3.63, 3.8) is 0 Å². The number of hydrogen-bond donors (Lipinski definition) is 1. The summed E-state index contributed by atoms with van der Waals surface area (Å²) in [5, 5.41) is 22.1. The van der Waals surface area contributed by atoms with E-state index in [9.17, 15) is 34.4 Å². The number of carbonyl (C=O) groups is 4. The Labute approximate surface area is 277 Å². The van der Waals surface area contributed by atoms with Crippen LogP contribution in [0.4, 0.5) is 17.1 Å². The van der Waals surface area contributed by atoms with Crippen LogP contribution in [0.2, 0.25) is 0 Å². The van der Waals surface area contributed by atoms with Gasteiger partial charge in [-0.3, -0.25) is 29.3 Å². The fourth-order valence-electron chi connectivity index (χ4n) is 8.13. The Morgan fingerprint density at radius 1 is 0.935 bits per heavy atom. The summed E-state index contributed by atoms with van der Waals surface area (Å²) < 4.78 is 5.97. The molecule has 12 heteroatoms. The Morgan fingerprint density at radius 2 is 1.65 bits per heavy atom. The van der Waals surface area contributed by atoms with Gasteiger partial charge in [0.15, 0.2) is 11.5 Å². The summed E-state index contributed by atoms with van der Waals surface area (Å²) >= 11 is 1.99. The maximum Gasteiger partial charge on any atom is 0.271 e. The number of para-hydroxylation sites is 1. The lowest BCUT2D eigenvalue weighted by atomic mass is 9.51. The molecule has 6 atom stereocenters. The quantitative estimate of drug-likeness (QED) is 0.121. The first kappa shape index (κ1) is 30.1. The third kappa shape index (κ3) is 4.15. The van der Waals surface area contributed by atoms with Crippen molar-refractivity contribution >= 4 is 63.3 Å². The summed E-state index contributed by atoms with van der Waals surface area (Å²) in [4.78, 5) is 70.0. The monoisotopic (exact) mass is 733 g/mol. The maximum absolute atomic E-state index is 14.5. The first-order valence-electron chi connectivity index (χ1n) is 14.8. The van der Waals surface area contributed by atoms with Crippen molar-refractivity contribution in [2.75, 3.05) is 16.9 Å².